The van der Waals surface area contributed by atoms with Crippen molar-refractivity contribution in [2.75, 3.05) is 20.3 Å². The zero-order chi connectivity index (χ0) is 14.4. The standard InChI is InChI=1S/C17H25NOS/c1-4-18-15(9-13(2)11-19-3)10-14-12-20-17-8-6-5-7-16(14)17/h5-8,12-13,15,18H,4,9-11H2,1-3H3. The molecule has 3 heteroatoms. The van der Waals surface area contributed by atoms with Gasteiger partial charge in [-0.25, -0.2) is 0 Å². The molecule has 0 saturated carbocycles. The molecule has 0 bridgehead atoms. The first-order valence-electron chi connectivity index (χ1n) is 7.42. The van der Waals surface area contributed by atoms with E-state index in [1.807, 2.05) is 11.3 Å². The van der Waals surface area contributed by atoms with E-state index in [0.717, 1.165) is 26.0 Å². The molecule has 2 unspecified atom stereocenters. The normalized spacial score (nSPS) is 14.6. The minimum absolute atomic E-state index is 0.531. The lowest BCUT2D eigenvalue weighted by molar-refractivity contribution is 0.149. The molecular formula is C17H25NOS. The van der Waals surface area contributed by atoms with Crippen LogP contribution in [0.1, 0.15) is 25.8 Å². The molecule has 0 aliphatic rings. The van der Waals surface area contributed by atoms with E-state index in [2.05, 4.69) is 48.8 Å². The molecule has 0 saturated heterocycles. The Kier molecular flexibility index (Phi) is 6.02. The number of nitrogens with one attached hydrogen (secondary N) is 1. The molecule has 0 radical (unpaired) electrons. The van der Waals surface area contributed by atoms with Crippen LogP contribution in [0.25, 0.3) is 10.1 Å². The van der Waals surface area contributed by atoms with Crippen LogP contribution in [0.2, 0.25) is 0 Å². The van der Waals surface area contributed by atoms with Gasteiger partial charge in [-0.15, -0.1) is 11.3 Å². The fraction of sp³-hybridized carbons (Fsp3) is 0.529. The Morgan fingerprint density at radius 1 is 1.30 bits per heavy atom. The van der Waals surface area contributed by atoms with Crippen molar-refractivity contribution in [3.8, 4) is 0 Å². The Morgan fingerprint density at radius 3 is 2.85 bits per heavy atom. The van der Waals surface area contributed by atoms with Gasteiger partial charge in [-0.3, -0.25) is 0 Å². The van der Waals surface area contributed by atoms with Crippen LogP contribution in [0.15, 0.2) is 29.6 Å². The summed E-state index contributed by atoms with van der Waals surface area (Å²) in [6.45, 7) is 6.30. The predicted octanol–water partition coefficient (Wildman–Crippen LogP) is 4.09. The molecule has 20 heavy (non-hydrogen) atoms. The summed E-state index contributed by atoms with van der Waals surface area (Å²) in [6, 6.07) is 9.23. The van der Waals surface area contributed by atoms with Gasteiger partial charge in [0.2, 0.25) is 0 Å². The maximum absolute atomic E-state index is 5.26. The Bertz CT molecular complexity index is 522. The van der Waals surface area contributed by atoms with Crippen molar-refractivity contribution >= 4 is 21.4 Å². The summed E-state index contributed by atoms with van der Waals surface area (Å²) in [5.41, 5.74) is 1.47. The number of benzene rings is 1. The third-order valence-electron chi connectivity index (χ3n) is 3.66. The van der Waals surface area contributed by atoms with Crippen molar-refractivity contribution in [1.82, 2.24) is 5.32 Å². The molecule has 1 aromatic heterocycles. The summed E-state index contributed by atoms with van der Waals surface area (Å²) in [7, 11) is 1.78. The predicted molar refractivity (Wildman–Crippen MR) is 88.7 cm³/mol. The molecule has 0 fully saturated rings. The average Bonchev–Trinajstić information content (AvgIpc) is 2.83. The highest BCUT2D eigenvalue weighted by molar-refractivity contribution is 7.17. The summed E-state index contributed by atoms with van der Waals surface area (Å²) in [6.07, 6.45) is 2.26. The molecule has 1 heterocycles. The molecule has 0 aliphatic carbocycles. The van der Waals surface area contributed by atoms with Crippen molar-refractivity contribution in [2.24, 2.45) is 5.92 Å². The van der Waals surface area contributed by atoms with E-state index >= 15 is 0 Å². The molecule has 0 spiro atoms. The van der Waals surface area contributed by atoms with E-state index in [0.29, 0.717) is 12.0 Å². The Hall–Kier alpha value is -0.900. The lowest BCUT2D eigenvalue weighted by Gasteiger charge is -2.21. The zero-order valence-electron chi connectivity index (χ0n) is 12.7. The van der Waals surface area contributed by atoms with E-state index in [1.54, 1.807) is 7.11 Å². The van der Waals surface area contributed by atoms with Crippen LogP contribution >= 0.6 is 11.3 Å². The lowest BCUT2D eigenvalue weighted by Crippen LogP contribution is -2.33. The highest BCUT2D eigenvalue weighted by Gasteiger charge is 2.15. The summed E-state index contributed by atoms with van der Waals surface area (Å²) in [5, 5.41) is 7.36. The van der Waals surface area contributed by atoms with Gasteiger partial charge >= 0.3 is 0 Å². The highest BCUT2D eigenvalue weighted by Crippen LogP contribution is 2.27. The first-order chi connectivity index (χ1) is 9.74. The molecule has 110 valence electrons. The maximum Gasteiger partial charge on any atom is 0.0488 e. The molecule has 2 atom stereocenters. The van der Waals surface area contributed by atoms with Crippen molar-refractivity contribution in [3.05, 3.63) is 35.2 Å². The minimum atomic E-state index is 0.531. The van der Waals surface area contributed by atoms with Crippen LogP contribution in [0.4, 0.5) is 0 Å². The third-order valence-corrected chi connectivity index (χ3v) is 4.67. The molecule has 1 N–H and O–H groups in total. The smallest absolute Gasteiger partial charge is 0.0488 e. The number of hydrogen-bond donors (Lipinski definition) is 1. The molecule has 1 aromatic carbocycles. The largest absolute Gasteiger partial charge is 0.384 e. The number of rotatable bonds is 8. The van der Waals surface area contributed by atoms with Crippen LogP contribution in [-0.4, -0.2) is 26.3 Å². The van der Waals surface area contributed by atoms with Gasteiger partial charge in [0.1, 0.15) is 0 Å². The van der Waals surface area contributed by atoms with Gasteiger partial charge in [0.25, 0.3) is 0 Å². The zero-order valence-corrected chi connectivity index (χ0v) is 13.5. The SMILES string of the molecule is CCNC(Cc1csc2ccccc12)CC(C)COC. The summed E-state index contributed by atoms with van der Waals surface area (Å²) in [4.78, 5) is 0. The van der Waals surface area contributed by atoms with Crippen molar-refractivity contribution in [3.63, 3.8) is 0 Å². The van der Waals surface area contributed by atoms with E-state index in [4.69, 9.17) is 4.74 Å². The van der Waals surface area contributed by atoms with Crippen LogP contribution in [-0.2, 0) is 11.2 Å². The number of ether oxygens (including phenoxy) is 1. The minimum Gasteiger partial charge on any atom is -0.384 e. The van der Waals surface area contributed by atoms with Gasteiger partial charge in [-0.05, 0) is 47.7 Å². The maximum atomic E-state index is 5.26. The third kappa shape index (κ3) is 4.05. The average molecular weight is 291 g/mol. The van der Waals surface area contributed by atoms with E-state index < -0.39 is 0 Å². The van der Waals surface area contributed by atoms with Crippen LogP contribution in [0.3, 0.4) is 0 Å². The van der Waals surface area contributed by atoms with Crippen LogP contribution in [0.5, 0.6) is 0 Å². The molecule has 2 nitrogen and oxygen atoms in total. The summed E-state index contributed by atoms with van der Waals surface area (Å²) in [5.74, 6) is 0.592. The molecule has 2 aromatic rings. The second-order valence-corrected chi connectivity index (χ2v) is 6.42. The molecule has 0 amide bonds. The Morgan fingerprint density at radius 2 is 2.10 bits per heavy atom. The number of fused-ring (bicyclic) bond motifs is 1. The topological polar surface area (TPSA) is 21.3 Å². The molecule has 2 rings (SSSR count). The van der Waals surface area contributed by atoms with Gasteiger partial charge in [0.15, 0.2) is 0 Å². The first kappa shape index (κ1) is 15.5. The second kappa shape index (κ2) is 7.77. The van der Waals surface area contributed by atoms with Gasteiger partial charge in [-0.2, -0.15) is 0 Å². The fourth-order valence-corrected chi connectivity index (χ4v) is 3.80. The van der Waals surface area contributed by atoms with Crippen molar-refractivity contribution in [2.45, 2.75) is 32.7 Å². The van der Waals surface area contributed by atoms with E-state index in [9.17, 15) is 0 Å². The molecule has 0 aliphatic heterocycles. The monoisotopic (exact) mass is 291 g/mol. The highest BCUT2D eigenvalue weighted by atomic mass is 32.1. The first-order valence-corrected chi connectivity index (χ1v) is 8.30. The number of hydrogen-bond acceptors (Lipinski definition) is 3. The number of likely N-dealkylation sites (N-methyl/N-ethyl adjacent to an activating group) is 1. The fourth-order valence-electron chi connectivity index (χ4n) is 2.82. The summed E-state index contributed by atoms with van der Waals surface area (Å²) >= 11 is 1.85. The van der Waals surface area contributed by atoms with Gasteiger partial charge < -0.3 is 10.1 Å². The quantitative estimate of drug-likeness (QED) is 0.791. The van der Waals surface area contributed by atoms with E-state index in [1.165, 1.54) is 15.6 Å². The van der Waals surface area contributed by atoms with Crippen molar-refractivity contribution < 1.29 is 4.74 Å². The van der Waals surface area contributed by atoms with E-state index in [-0.39, 0.29) is 0 Å². The number of thiophene rings is 1. The van der Waals surface area contributed by atoms with Gasteiger partial charge in [0, 0.05) is 24.5 Å². The van der Waals surface area contributed by atoms with Crippen LogP contribution in [0, 0.1) is 5.92 Å². The van der Waals surface area contributed by atoms with Gasteiger partial charge in [-0.1, -0.05) is 32.0 Å². The molecular weight excluding hydrogens is 266 g/mol. The Labute approximate surface area is 126 Å². The van der Waals surface area contributed by atoms with Gasteiger partial charge in [0.05, 0.1) is 0 Å². The second-order valence-electron chi connectivity index (χ2n) is 5.51. The lowest BCUT2D eigenvalue weighted by atomic mass is 9.96. The van der Waals surface area contributed by atoms with Crippen molar-refractivity contribution in [1.29, 1.82) is 0 Å². The summed E-state index contributed by atoms with van der Waals surface area (Å²) < 4.78 is 6.65. The number of methoxy groups -OCH3 is 1. The Balaban J connectivity index is 2.07. The van der Waals surface area contributed by atoms with Crippen LogP contribution < -0.4 is 5.32 Å².